The molecular weight excluding hydrogens is 379 g/mol. The summed E-state index contributed by atoms with van der Waals surface area (Å²) in [5.41, 5.74) is 2.19. The summed E-state index contributed by atoms with van der Waals surface area (Å²) in [5.74, 6) is 5.54. The van der Waals surface area contributed by atoms with Crippen molar-refractivity contribution < 1.29 is 19.4 Å². The van der Waals surface area contributed by atoms with Crippen LogP contribution in [0.3, 0.4) is 0 Å². The molecule has 0 fully saturated rings. The van der Waals surface area contributed by atoms with E-state index in [9.17, 15) is 19.4 Å². The van der Waals surface area contributed by atoms with Gasteiger partial charge in [0.25, 0.3) is 0 Å². The fourth-order valence-corrected chi connectivity index (χ4v) is 3.28. The molecule has 0 radical (unpaired) electrons. The van der Waals surface area contributed by atoms with Crippen LogP contribution >= 0.6 is 10.2 Å². The minimum atomic E-state index is -9.62. The van der Waals surface area contributed by atoms with Crippen molar-refractivity contribution >= 4 is 10.2 Å². The minimum absolute atomic E-state index is 0.251. The number of benzene rings is 2. The van der Waals surface area contributed by atoms with Crippen molar-refractivity contribution in [3.8, 4) is 11.8 Å². The van der Waals surface area contributed by atoms with Crippen molar-refractivity contribution in [2.24, 2.45) is 0 Å². The summed E-state index contributed by atoms with van der Waals surface area (Å²) < 4.78 is 63.4. The first-order chi connectivity index (χ1) is 12.5. The molecule has 27 heavy (non-hydrogen) atoms. The number of hydrogen-bond acceptors (Lipinski definition) is 0. The van der Waals surface area contributed by atoms with Crippen LogP contribution in [0.5, 0.6) is 0 Å². The van der Waals surface area contributed by atoms with Gasteiger partial charge >= 0.3 is 10.2 Å². The molecule has 0 heterocycles. The van der Waals surface area contributed by atoms with E-state index in [4.69, 9.17) is 0 Å². The molecule has 0 N–H and O–H groups in total. The summed E-state index contributed by atoms with van der Waals surface area (Å²) in [6, 6.07) is 10.4. The van der Waals surface area contributed by atoms with Gasteiger partial charge in [0.15, 0.2) is 0 Å². The van der Waals surface area contributed by atoms with E-state index in [-0.39, 0.29) is 5.56 Å². The van der Waals surface area contributed by atoms with Crippen LogP contribution in [0.25, 0.3) is 0 Å². The van der Waals surface area contributed by atoms with Crippen molar-refractivity contribution in [2.45, 2.75) is 50.3 Å². The predicted octanol–water partition coefficient (Wildman–Crippen LogP) is 8.26. The quantitative estimate of drug-likeness (QED) is 0.248. The van der Waals surface area contributed by atoms with Gasteiger partial charge in [0.2, 0.25) is 0 Å². The topological polar surface area (TPSA) is 0 Å². The van der Waals surface area contributed by atoms with E-state index in [1.165, 1.54) is 31.2 Å². The Balaban J connectivity index is 1.98. The fourth-order valence-electron chi connectivity index (χ4n) is 2.63. The fraction of sp³-hybridized carbons (Fsp3) is 0.333. The third-order valence-corrected chi connectivity index (χ3v) is 5.34. The largest absolute Gasteiger partial charge is 0.310 e. The predicted molar refractivity (Wildman–Crippen MR) is 103 cm³/mol. The molecule has 6 heteroatoms. The van der Waals surface area contributed by atoms with E-state index < -0.39 is 15.1 Å². The Morgan fingerprint density at radius 2 is 1.15 bits per heavy atom. The lowest BCUT2D eigenvalue weighted by Crippen LogP contribution is -2.05. The van der Waals surface area contributed by atoms with Gasteiger partial charge in [-0.05, 0) is 54.8 Å². The third-order valence-electron chi connectivity index (χ3n) is 4.17. The molecule has 0 saturated carbocycles. The number of halogens is 5. The second kappa shape index (κ2) is 7.55. The van der Waals surface area contributed by atoms with Gasteiger partial charge in [-0.1, -0.05) is 76.0 Å². The first-order valence-corrected chi connectivity index (χ1v) is 10.9. The first-order valence-electron chi connectivity index (χ1n) is 8.93. The first kappa shape index (κ1) is 21.3. The van der Waals surface area contributed by atoms with Crippen molar-refractivity contribution in [1.82, 2.24) is 0 Å². The molecule has 0 aliphatic heterocycles. The second-order valence-corrected chi connectivity index (χ2v) is 9.01. The zero-order chi connectivity index (χ0) is 20.0. The highest BCUT2D eigenvalue weighted by atomic mass is 32.5. The van der Waals surface area contributed by atoms with Gasteiger partial charge in [0.1, 0.15) is 4.90 Å². The van der Waals surface area contributed by atoms with Crippen molar-refractivity contribution in [2.75, 3.05) is 0 Å². The molecule has 0 aliphatic carbocycles. The highest BCUT2D eigenvalue weighted by molar-refractivity contribution is 8.45. The van der Waals surface area contributed by atoms with Crippen molar-refractivity contribution in [1.29, 1.82) is 0 Å². The number of rotatable bonds is 7. The van der Waals surface area contributed by atoms with E-state index in [1.807, 2.05) is 24.3 Å². The molecule has 0 bridgehead atoms. The second-order valence-electron chi connectivity index (χ2n) is 6.60. The SMILES string of the molecule is CCCCCCCc1ccc(C#Cc2ccc(S(F)(F)(F)(F)F)cc2)cc1. The monoisotopic (exact) mass is 402 g/mol. The number of hydrogen-bond donors (Lipinski definition) is 0. The third kappa shape index (κ3) is 7.26. The zero-order valence-electron chi connectivity index (χ0n) is 15.2. The number of aryl methyl sites for hydroxylation is 1. The molecular formula is C21H23F5S. The van der Waals surface area contributed by atoms with Gasteiger partial charge < -0.3 is 0 Å². The average Bonchev–Trinajstić information content (AvgIpc) is 2.59. The average molecular weight is 402 g/mol. The van der Waals surface area contributed by atoms with Gasteiger partial charge in [-0.3, -0.25) is 0 Å². The molecule has 0 unspecified atom stereocenters. The highest BCUT2D eigenvalue weighted by Crippen LogP contribution is 3.02. The Morgan fingerprint density at radius 1 is 0.667 bits per heavy atom. The van der Waals surface area contributed by atoms with Crippen LogP contribution in [0.1, 0.15) is 55.7 Å². The lowest BCUT2D eigenvalue weighted by molar-refractivity contribution is 0.364. The van der Waals surface area contributed by atoms with Crippen LogP contribution in [0.4, 0.5) is 19.4 Å². The van der Waals surface area contributed by atoms with Gasteiger partial charge in [-0.2, -0.15) is 0 Å². The highest BCUT2D eigenvalue weighted by Gasteiger charge is 2.65. The maximum atomic E-state index is 12.7. The van der Waals surface area contributed by atoms with Gasteiger partial charge in [0.05, 0.1) is 0 Å². The summed E-state index contributed by atoms with van der Waals surface area (Å²) in [7, 11) is -9.62. The Morgan fingerprint density at radius 3 is 1.63 bits per heavy atom. The van der Waals surface area contributed by atoms with Crippen LogP contribution in [0.15, 0.2) is 53.4 Å². The zero-order valence-corrected chi connectivity index (χ0v) is 16.0. The molecule has 0 atom stereocenters. The summed E-state index contributed by atoms with van der Waals surface area (Å²) in [6.07, 6.45) is 7.09. The molecule has 0 nitrogen and oxygen atoms in total. The Kier molecular flexibility index (Phi) is 5.96. The molecule has 2 aromatic rings. The lowest BCUT2D eigenvalue weighted by Gasteiger charge is -2.40. The molecule has 0 aliphatic rings. The van der Waals surface area contributed by atoms with Crippen LogP contribution in [-0.4, -0.2) is 0 Å². The number of unbranched alkanes of at least 4 members (excludes halogenated alkanes) is 4. The van der Waals surface area contributed by atoms with E-state index in [0.29, 0.717) is 12.1 Å². The van der Waals surface area contributed by atoms with E-state index >= 15 is 0 Å². The maximum Gasteiger partial charge on any atom is 0.310 e. The molecule has 0 amide bonds. The smallest absolute Gasteiger partial charge is 0.0936 e. The van der Waals surface area contributed by atoms with Crippen molar-refractivity contribution in [3.05, 3.63) is 65.2 Å². The minimum Gasteiger partial charge on any atom is -0.0936 e. The molecule has 2 rings (SSSR count). The van der Waals surface area contributed by atoms with Crippen molar-refractivity contribution in [3.63, 3.8) is 0 Å². The van der Waals surface area contributed by atoms with Gasteiger partial charge in [0, 0.05) is 11.1 Å². The standard InChI is InChI=1S/C21H23F5S/c1-2-3-4-5-6-7-18-8-10-19(11-9-18)12-13-20-14-16-21(17-15-20)27(22,23,24,25)26/h8-11,14-17H,2-7H2,1H3. The molecule has 0 spiro atoms. The Labute approximate surface area is 157 Å². The van der Waals surface area contributed by atoms with E-state index in [1.54, 1.807) is 0 Å². The molecule has 0 saturated heterocycles. The summed E-state index contributed by atoms with van der Waals surface area (Å²) >= 11 is 0. The normalized spacial score (nSPS) is 14.0. The summed E-state index contributed by atoms with van der Waals surface area (Å²) in [4.78, 5) is -1.90. The molecule has 0 aromatic heterocycles. The van der Waals surface area contributed by atoms with E-state index in [2.05, 4.69) is 18.8 Å². The van der Waals surface area contributed by atoms with Gasteiger partial charge in [-0.25, -0.2) is 0 Å². The molecule has 148 valence electrons. The van der Waals surface area contributed by atoms with Gasteiger partial charge in [-0.15, -0.1) is 0 Å². The summed E-state index contributed by atoms with van der Waals surface area (Å²) in [5, 5.41) is 0. The lowest BCUT2D eigenvalue weighted by atomic mass is 10.0. The van der Waals surface area contributed by atoms with Crippen LogP contribution in [0, 0.1) is 11.8 Å². The van der Waals surface area contributed by atoms with Crippen LogP contribution < -0.4 is 0 Å². The Bertz CT molecular complexity index is 810. The van der Waals surface area contributed by atoms with Crippen LogP contribution in [-0.2, 0) is 6.42 Å². The van der Waals surface area contributed by atoms with E-state index in [0.717, 1.165) is 30.5 Å². The maximum absolute atomic E-state index is 12.7. The summed E-state index contributed by atoms with van der Waals surface area (Å²) in [6.45, 7) is 2.18. The Hall–Kier alpha value is -2.00. The molecule has 2 aromatic carbocycles. The van der Waals surface area contributed by atoms with Crippen LogP contribution in [0.2, 0.25) is 0 Å².